The summed E-state index contributed by atoms with van der Waals surface area (Å²) in [4.78, 5) is 9.40. The molecule has 11 heavy (non-hydrogen) atoms. The number of nitrogens with zero attached hydrogens (tertiary/aromatic N) is 1. The summed E-state index contributed by atoms with van der Waals surface area (Å²) < 4.78 is 0. The molecule has 0 saturated heterocycles. The number of rotatable bonds is 6. The molecular weight excluding hydrogens is 150 g/mol. The highest BCUT2D eigenvalue weighted by Crippen LogP contribution is 2.00. The molecule has 0 fully saturated rings. The van der Waals surface area contributed by atoms with Crippen LogP contribution in [0.25, 0.3) is 0 Å². The minimum Gasteiger partial charge on any atom is -0.396 e. The van der Waals surface area contributed by atoms with Crippen LogP contribution in [-0.4, -0.2) is 34.4 Å². The predicted octanol–water partition coefficient (Wildman–Crippen LogP) is -0.213. The fraction of sp³-hybridized carbons (Fsp3) is 1.00. The maximum atomic E-state index is 9.81. The first-order chi connectivity index (χ1) is 5.16. The second-order valence-corrected chi connectivity index (χ2v) is 2.36. The van der Waals surface area contributed by atoms with E-state index < -0.39 is 11.0 Å². The van der Waals surface area contributed by atoms with Crippen LogP contribution < -0.4 is 0 Å². The molecule has 0 radical (unpaired) electrons. The zero-order valence-corrected chi connectivity index (χ0v) is 6.27. The van der Waals surface area contributed by atoms with E-state index in [1.807, 2.05) is 0 Å². The number of hydrogen-bond acceptors (Lipinski definition) is 4. The van der Waals surface area contributed by atoms with Crippen molar-refractivity contribution in [3.8, 4) is 0 Å². The lowest BCUT2D eigenvalue weighted by atomic mass is 10.1. The molecule has 0 aliphatic carbocycles. The third-order valence-electron chi connectivity index (χ3n) is 1.34. The standard InChI is InChI=1S/C6H13NO4/c8-5-3-6(9)2-1-4-7(10)11/h6,8-9H,1-5H2. The van der Waals surface area contributed by atoms with E-state index in [0.29, 0.717) is 19.3 Å². The Labute approximate surface area is 64.8 Å². The summed E-state index contributed by atoms with van der Waals surface area (Å²) in [6, 6.07) is 0. The highest BCUT2D eigenvalue weighted by molar-refractivity contribution is 4.53. The smallest absolute Gasteiger partial charge is 0.204 e. The summed E-state index contributed by atoms with van der Waals surface area (Å²) >= 11 is 0. The quantitative estimate of drug-likeness (QED) is 0.419. The predicted molar refractivity (Wildman–Crippen MR) is 38.8 cm³/mol. The van der Waals surface area contributed by atoms with Crippen LogP contribution in [0.2, 0.25) is 0 Å². The summed E-state index contributed by atoms with van der Waals surface area (Å²) in [6.07, 6.45) is 0.466. The molecule has 0 spiro atoms. The summed E-state index contributed by atoms with van der Waals surface area (Å²) in [6.45, 7) is -0.178. The van der Waals surface area contributed by atoms with Crippen molar-refractivity contribution in [2.24, 2.45) is 0 Å². The van der Waals surface area contributed by atoms with Crippen molar-refractivity contribution in [3.05, 3.63) is 10.1 Å². The molecule has 0 heterocycles. The monoisotopic (exact) mass is 163 g/mol. The summed E-state index contributed by atoms with van der Waals surface area (Å²) in [5.41, 5.74) is 0. The maximum absolute atomic E-state index is 9.81. The lowest BCUT2D eigenvalue weighted by molar-refractivity contribution is -0.480. The normalized spacial score (nSPS) is 12.9. The zero-order chi connectivity index (χ0) is 8.69. The minimum absolute atomic E-state index is 0.0698. The summed E-state index contributed by atoms with van der Waals surface area (Å²) in [5, 5.41) is 27.1. The van der Waals surface area contributed by atoms with Gasteiger partial charge in [0.25, 0.3) is 0 Å². The molecule has 0 saturated carbocycles. The first-order valence-corrected chi connectivity index (χ1v) is 3.57. The first kappa shape index (κ1) is 10.3. The van der Waals surface area contributed by atoms with Gasteiger partial charge >= 0.3 is 0 Å². The van der Waals surface area contributed by atoms with Gasteiger partial charge in [-0.1, -0.05) is 0 Å². The summed E-state index contributed by atoms with van der Waals surface area (Å²) in [5.74, 6) is 0. The Balaban J connectivity index is 3.16. The molecule has 0 aliphatic heterocycles. The van der Waals surface area contributed by atoms with Gasteiger partial charge in [-0.15, -0.1) is 0 Å². The molecule has 5 nitrogen and oxygen atoms in total. The Morgan fingerprint density at radius 3 is 2.55 bits per heavy atom. The molecule has 0 aliphatic rings. The van der Waals surface area contributed by atoms with Crippen LogP contribution in [0.5, 0.6) is 0 Å². The average Bonchev–Trinajstić information content (AvgIpc) is 1.87. The van der Waals surface area contributed by atoms with Gasteiger partial charge in [0, 0.05) is 18.0 Å². The van der Waals surface area contributed by atoms with Gasteiger partial charge in [0.15, 0.2) is 0 Å². The molecule has 0 aromatic carbocycles. The Hall–Kier alpha value is -0.680. The van der Waals surface area contributed by atoms with Crippen molar-refractivity contribution in [2.75, 3.05) is 13.2 Å². The van der Waals surface area contributed by atoms with E-state index in [9.17, 15) is 10.1 Å². The van der Waals surface area contributed by atoms with E-state index >= 15 is 0 Å². The van der Waals surface area contributed by atoms with Gasteiger partial charge in [-0.05, 0) is 12.8 Å². The largest absolute Gasteiger partial charge is 0.396 e. The molecule has 66 valence electrons. The van der Waals surface area contributed by atoms with Crippen LogP contribution >= 0.6 is 0 Å². The fourth-order valence-corrected chi connectivity index (χ4v) is 0.749. The van der Waals surface area contributed by atoms with Crippen molar-refractivity contribution in [3.63, 3.8) is 0 Å². The number of nitro groups is 1. The second kappa shape index (κ2) is 6.06. The molecule has 0 rings (SSSR count). The van der Waals surface area contributed by atoms with Gasteiger partial charge in [-0.2, -0.15) is 0 Å². The lowest BCUT2D eigenvalue weighted by Gasteiger charge is -2.05. The molecule has 0 aromatic heterocycles. The Morgan fingerprint density at radius 2 is 2.09 bits per heavy atom. The minimum atomic E-state index is -0.597. The molecule has 0 aromatic rings. The maximum Gasteiger partial charge on any atom is 0.204 e. The van der Waals surface area contributed by atoms with Crippen LogP contribution in [-0.2, 0) is 0 Å². The highest BCUT2D eigenvalue weighted by Gasteiger charge is 2.04. The van der Waals surface area contributed by atoms with Gasteiger partial charge in [-0.3, -0.25) is 10.1 Å². The van der Waals surface area contributed by atoms with Crippen molar-refractivity contribution in [1.82, 2.24) is 0 Å². The number of aliphatic hydroxyl groups is 2. The van der Waals surface area contributed by atoms with Crippen LogP contribution in [0.4, 0.5) is 0 Å². The van der Waals surface area contributed by atoms with Gasteiger partial charge < -0.3 is 10.2 Å². The molecule has 0 bridgehead atoms. The van der Waals surface area contributed by atoms with Crippen LogP contribution in [0.15, 0.2) is 0 Å². The van der Waals surface area contributed by atoms with E-state index in [-0.39, 0.29) is 13.2 Å². The molecule has 2 N–H and O–H groups in total. The van der Waals surface area contributed by atoms with E-state index in [2.05, 4.69) is 0 Å². The molecule has 0 amide bonds. The SMILES string of the molecule is O=[N+]([O-])CCCC(O)CCO. The third-order valence-corrected chi connectivity index (χ3v) is 1.34. The Morgan fingerprint density at radius 1 is 1.45 bits per heavy atom. The van der Waals surface area contributed by atoms with Gasteiger partial charge in [0.2, 0.25) is 6.54 Å². The highest BCUT2D eigenvalue weighted by atomic mass is 16.6. The number of aliphatic hydroxyl groups excluding tert-OH is 2. The van der Waals surface area contributed by atoms with Gasteiger partial charge in [-0.25, -0.2) is 0 Å². The average molecular weight is 163 g/mol. The van der Waals surface area contributed by atoms with E-state index in [1.165, 1.54) is 0 Å². The van der Waals surface area contributed by atoms with E-state index in [0.717, 1.165) is 0 Å². The molecule has 1 atom stereocenters. The van der Waals surface area contributed by atoms with Crippen LogP contribution in [0, 0.1) is 10.1 Å². The molecule has 1 unspecified atom stereocenters. The second-order valence-electron chi connectivity index (χ2n) is 2.36. The van der Waals surface area contributed by atoms with Crippen LogP contribution in [0.3, 0.4) is 0 Å². The van der Waals surface area contributed by atoms with Crippen molar-refractivity contribution < 1.29 is 15.1 Å². The summed E-state index contributed by atoms with van der Waals surface area (Å²) in [7, 11) is 0. The van der Waals surface area contributed by atoms with E-state index in [1.54, 1.807) is 0 Å². The first-order valence-electron chi connectivity index (χ1n) is 3.57. The van der Waals surface area contributed by atoms with Crippen molar-refractivity contribution in [1.29, 1.82) is 0 Å². The van der Waals surface area contributed by atoms with Gasteiger partial charge in [0.1, 0.15) is 0 Å². The topological polar surface area (TPSA) is 83.6 Å². The van der Waals surface area contributed by atoms with Crippen molar-refractivity contribution >= 4 is 0 Å². The number of hydrogen-bond donors (Lipinski definition) is 2. The molecular formula is C6H13NO4. The van der Waals surface area contributed by atoms with Crippen molar-refractivity contribution in [2.45, 2.75) is 25.4 Å². The Kier molecular flexibility index (Phi) is 5.68. The van der Waals surface area contributed by atoms with Gasteiger partial charge in [0.05, 0.1) is 6.10 Å². The lowest BCUT2D eigenvalue weighted by Crippen LogP contribution is -2.11. The fourth-order valence-electron chi connectivity index (χ4n) is 0.749. The van der Waals surface area contributed by atoms with E-state index in [4.69, 9.17) is 10.2 Å². The Bertz CT molecular complexity index is 117. The molecule has 5 heteroatoms. The zero-order valence-electron chi connectivity index (χ0n) is 6.27. The third kappa shape index (κ3) is 7.21. The van der Waals surface area contributed by atoms with Crippen LogP contribution in [0.1, 0.15) is 19.3 Å².